The maximum absolute atomic E-state index is 11.6. The van der Waals surface area contributed by atoms with Crippen molar-refractivity contribution in [2.75, 3.05) is 6.61 Å². The first kappa shape index (κ1) is 28.7. The third-order valence-corrected chi connectivity index (χ3v) is 7.15. The van der Waals surface area contributed by atoms with Gasteiger partial charge in [-0.2, -0.15) is 0 Å². The van der Waals surface area contributed by atoms with Crippen LogP contribution in [0.15, 0.2) is 108 Å². The monoisotopic (exact) mass is 561 g/mol. The van der Waals surface area contributed by atoms with Crippen molar-refractivity contribution in [3.63, 3.8) is 0 Å². The van der Waals surface area contributed by atoms with E-state index >= 15 is 0 Å². The van der Waals surface area contributed by atoms with Crippen LogP contribution < -0.4 is 9.47 Å². The molecule has 0 amide bonds. The van der Waals surface area contributed by atoms with Crippen molar-refractivity contribution in [2.24, 2.45) is 0 Å². The number of rotatable bonds is 12. The first-order valence-electron chi connectivity index (χ1n) is 14.1. The Morgan fingerprint density at radius 1 is 0.810 bits per heavy atom. The minimum Gasteiger partial charge on any atom is -0.493 e. The van der Waals surface area contributed by atoms with Crippen molar-refractivity contribution in [1.82, 2.24) is 4.98 Å². The van der Waals surface area contributed by atoms with Crippen LogP contribution in [0, 0.1) is 6.92 Å². The molecule has 0 aliphatic rings. The average molecular weight is 562 g/mol. The quantitative estimate of drug-likeness (QED) is 0.166. The molecule has 42 heavy (non-hydrogen) atoms. The summed E-state index contributed by atoms with van der Waals surface area (Å²) < 4.78 is 18.1. The van der Waals surface area contributed by atoms with E-state index in [2.05, 4.69) is 36.4 Å². The molecule has 0 aliphatic heterocycles. The van der Waals surface area contributed by atoms with Gasteiger partial charge >= 0.3 is 5.97 Å². The molecule has 0 saturated carbocycles. The highest BCUT2D eigenvalue weighted by molar-refractivity contribution is 5.76. The van der Waals surface area contributed by atoms with Crippen LogP contribution in [0.4, 0.5) is 0 Å². The van der Waals surface area contributed by atoms with Gasteiger partial charge < -0.3 is 19.0 Å². The zero-order valence-electron chi connectivity index (χ0n) is 24.2. The van der Waals surface area contributed by atoms with Gasteiger partial charge in [0.1, 0.15) is 17.3 Å². The molecule has 0 spiro atoms. The van der Waals surface area contributed by atoms with E-state index in [0.717, 1.165) is 52.3 Å². The molecular weight excluding hydrogens is 526 g/mol. The fourth-order valence-electron chi connectivity index (χ4n) is 4.72. The predicted molar refractivity (Wildman–Crippen MR) is 164 cm³/mol. The highest BCUT2D eigenvalue weighted by Gasteiger charge is 2.29. The van der Waals surface area contributed by atoms with Gasteiger partial charge in [-0.3, -0.25) is 0 Å². The van der Waals surface area contributed by atoms with Gasteiger partial charge in [0.05, 0.1) is 12.3 Å². The van der Waals surface area contributed by atoms with E-state index in [9.17, 15) is 9.90 Å². The lowest BCUT2D eigenvalue weighted by molar-refractivity contribution is -0.152. The fraction of sp³-hybridized carbons (Fsp3) is 0.222. The molecule has 1 N–H and O–H groups in total. The highest BCUT2D eigenvalue weighted by atomic mass is 16.5. The molecule has 4 aromatic carbocycles. The highest BCUT2D eigenvalue weighted by Crippen LogP contribution is 2.30. The summed E-state index contributed by atoms with van der Waals surface area (Å²) in [7, 11) is 0. The van der Waals surface area contributed by atoms with E-state index in [0.29, 0.717) is 24.7 Å². The molecule has 1 aromatic heterocycles. The van der Waals surface area contributed by atoms with E-state index < -0.39 is 11.6 Å². The first-order valence-corrected chi connectivity index (χ1v) is 14.1. The minimum absolute atomic E-state index is 0.413. The number of ether oxygens (including phenoxy) is 2. The van der Waals surface area contributed by atoms with E-state index in [1.165, 1.54) is 19.4 Å². The third-order valence-electron chi connectivity index (χ3n) is 7.15. The summed E-state index contributed by atoms with van der Waals surface area (Å²) in [5, 5.41) is 9.50. The van der Waals surface area contributed by atoms with Crippen molar-refractivity contribution in [3.05, 3.63) is 126 Å². The number of aromatic nitrogens is 1. The summed E-state index contributed by atoms with van der Waals surface area (Å²) in [6.45, 7) is 5.41. The van der Waals surface area contributed by atoms with Crippen LogP contribution >= 0.6 is 0 Å². The third kappa shape index (κ3) is 7.07. The second-order valence-electron chi connectivity index (χ2n) is 10.7. The lowest BCUT2D eigenvalue weighted by Crippen LogP contribution is -2.37. The van der Waals surface area contributed by atoms with E-state index in [1.54, 1.807) is 6.07 Å². The number of oxazole rings is 1. The number of carboxylic acids is 1. The van der Waals surface area contributed by atoms with Crippen LogP contribution in [0.2, 0.25) is 0 Å². The lowest BCUT2D eigenvalue weighted by Gasteiger charge is -2.22. The topological polar surface area (TPSA) is 81.8 Å². The molecule has 0 fully saturated rings. The Hall–Kier alpha value is -4.84. The van der Waals surface area contributed by atoms with Crippen molar-refractivity contribution in [2.45, 2.75) is 45.6 Å². The number of aryl methyl sites for hydroxylation is 3. The largest absolute Gasteiger partial charge is 0.493 e. The summed E-state index contributed by atoms with van der Waals surface area (Å²) in [5.41, 5.74) is 4.84. The number of carbonyl (C=O) groups is 1. The molecule has 0 saturated heterocycles. The van der Waals surface area contributed by atoms with Gasteiger partial charge in [0, 0.05) is 12.0 Å². The van der Waals surface area contributed by atoms with Gasteiger partial charge in [0.25, 0.3) is 0 Å². The summed E-state index contributed by atoms with van der Waals surface area (Å²) >= 11 is 0. The normalized spacial score (nSPS) is 11.3. The zero-order chi connectivity index (χ0) is 29.5. The number of carboxylic acid groups (broad SMARTS) is 1. The molecule has 0 aliphatic carbocycles. The van der Waals surface area contributed by atoms with Crippen LogP contribution in [0.25, 0.3) is 22.6 Å². The SMILES string of the molecule is Cc1oc(-c2cccc(-c3ccccc3)c2)nc1CCOc1ccc(OC(C)(C)C(=O)O)cc1CCc1ccccc1. The summed E-state index contributed by atoms with van der Waals surface area (Å²) in [4.78, 5) is 16.4. The summed E-state index contributed by atoms with van der Waals surface area (Å²) in [5.74, 6) is 1.56. The van der Waals surface area contributed by atoms with Gasteiger partial charge in [0.2, 0.25) is 5.89 Å². The number of nitrogens with zero attached hydrogens (tertiary/aromatic N) is 1. The van der Waals surface area contributed by atoms with Crippen molar-refractivity contribution in [3.8, 4) is 34.1 Å². The number of hydrogen-bond acceptors (Lipinski definition) is 5. The van der Waals surface area contributed by atoms with Crippen LogP contribution in [0.1, 0.15) is 36.4 Å². The molecule has 214 valence electrons. The number of benzene rings is 4. The first-order chi connectivity index (χ1) is 20.3. The van der Waals surface area contributed by atoms with Crippen molar-refractivity contribution in [1.29, 1.82) is 0 Å². The molecule has 5 rings (SSSR count). The molecule has 0 radical (unpaired) electrons. The fourth-order valence-corrected chi connectivity index (χ4v) is 4.72. The van der Waals surface area contributed by atoms with Crippen molar-refractivity contribution < 1.29 is 23.8 Å². The van der Waals surface area contributed by atoms with E-state index in [4.69, 9.17) is 18.9 Å². The van der Waals surface area contributed by atoms with Crippen molar-refractivity contribution >= 4 is 5.97 Å². The second-order valence-corrected chi connectivity index (χ2v) is 10.7. The minimum atomic E-state index is -1.35. The molecular formula is C36H35NO5. The Kier molecular flexibility index (Phi) is 8.72. The van der Waals surface area contributed by atoms with Crippen LogP contribution in [-0.4, -0.2) is 28.3 Å². The number of hydrogen-bond donors (Lipinski definition) is 1. The maximum Gasteiger partial charge on any atom is 0.347 e. The molecule has 6 nitrogen and oxygen atoms in total. The maximum atomic E-state index is 11.6. The summed E-state index contributed by atoms with van der Waals surface area (Å²) in [6.07, 6.45) is 2.11. The lowest BCUT2D eigenvalue weighted by atomic mass is 10.0. The van der Waals surface area contributed by atoms with Crippen LogP contribution in [0.5, 0.6) is 11.5 Å². The van der Waals surface area contributed by atoms with E-state index in [-0.39, 0.29) is 0 Å². The van der Waals surface area contributed by atoms with Gasteiger partial charge in [-0.25, -0.2) is 9.78 Å². The smallest absolute Gasteiger partial charge is 0.347 e. The number of aliphatic carboxylic acids is 1. The average Bonchev–Trinajstić information content (AvgIpc) is 3.38. The van der Waals surface area contributed by atoms with Gasteiger partial charge in [-0.15, -0.1) is 0 Å². The molecule has 0 bridgehead atoms. The Morgan fingerprint density at radius 3 is 2.24 bits per heavy atom. The Labute approximate surface area is 246 Å². The molecule has 1 heterocycles. The van der Waals surface area contributed by atoms with Gasteiger partial charge in [0.15, 0.2) is 5.60 Å². The summed E-state index contributed by atoms with van der Waals surface area (Å²) in [6, 6.07) is 34.1. The Morgan fingerprint density at radius 2 is 1.50 bits per heavy atom. The predicted octanol–water partition coefficient (Wildman–Crippen LogP) is 7.97. The molecule has 5 aromatic rings. The molecule has 6 heteroatoms. The Balaban J connectivity index is 1.29. The van der Waals surface area contributed by atoms with Crippen LogP contribution in [0.3, 0.4) is 0 Å². The van der Waals surface area contributed by atoms with Gasteiger partial charge in [-0.05, 0) is 86.2 Å². The second kappa shape index (κ2) is 12.8. The van der Waals surface area contributed by atoms with Crippen LogP contribution in [-0.2, 0) is 24.1 Å². The van der Waals surface area contributed by atoms with Gasteiger partial charge in [-0.1, -0.05) is 72.8 Å². The molecule has 0 unspecified atom stereocenters. The standard InChI is InChI=1S/C36H35NO5/c1-25-32(37-34(41-25)30-16-10-15-28(23-30)27-13-8-5-9-14-27)21-22-40-33-20-19-31(42-36(2,3)35(38)39)24-29(33)18-17-26-11-6-4-7-12-26/h4-16,19-20,23-24H,17-18,21-22H2,1-3H3,(H,38,39). The van der Waals surface area contributed by atoms with E-state index in [1.807, 2.05) is 67.6 Å². The Bertz CT molecular complexity index is 1640. The molecule has 0 atom stereocenters. The zero-order valence-corrected chi connectivity index (χ0v) is 24.2.